The average Bonchev–Trinajstić information content (AvgIpc) is 2.91. The smallest absolute Gasteiger partial charge is 0.248 e. The van der Waals surface area contributed by atoms with Crippen LogP contribution in [-0.2, 0) is 19.3 Å². The number of carbonyl (C=O) groups is 1. The molecule has 2 heterocycles. The number of nitrogens with zero attached hydrogens (tertiary/aromatic N) is 2. The number of hydrogen-bond acceptors (Lipinski definition) is 4. The number of ether oxygens (including phenoxy) is 1. The number of nitrogens with two attached hydrogens (primary N) is 1. The average molecular weight is 510 g/mol. The van der Waals surface area contributed by atoms with E-state index in [4.69, 9.17) is 15.5 Å². The normalized spacial score (nSPS) is 17.1. The molecule has 5 nitrogen and oxygen atoms in total. The minimum atomic E-state index is -0.428. The van der Waals surface area contributed by atoms with Crippen LogP contribution >= 0.6 is 0 Å². The Morgan fingerprint density at radius 2 is 1.76 bits per heavy atom. The van der Waals surface area contributed by atoms with Gasteiger partial charge in [-0.2, -0.15) is 0 Å². The predicted molar refractivity (Wildman–Crippen MR) is 147 cm³/mol. The molecule has 6 heteroatoms. The molecule has 0 aliphatic carbocycles. The Balaban J connectivity index is 1.36. The summed E-state index contributed by atoms with van der Waals surface area (Å²) in [6.45, 7) is 4.97. The van der Waals surface area contributed by atoms with Gasteiger partial charge in [-0.3, -0.25) is 4.79 Å². The zero-order valence-electron chi connectivity index (χ0n) is 21.8. The minimum Gasteiger partial charge on any atom is -0.493 e. The first kappa shape index (κ1) is 25.6. The molecule has 1 aromatic heterocycles. The highest BCUT2D eigenvalue weighted by atomic mass is 19.1. The number of amides is 1. The van der Waals surface area contributed by atoms with Crippen molar-refractivity contribution < 1.29 is 13.9 Å². The van der Waals surface area contributed by atoms with Gasteiger partial charge in [-0.15, -0.1) is 0 Å². The molecule has 1 aliphatic heterocycles. The molecule has 0 bridgehead atoms. The van der Waals surface area contributed by atoms with Crippen molar-refractivity contribution in [1.82, 2.24) is 9.97 Å². The maximum absolute atomic E-state index is 13.4. The van der Waals surface area contributed by atoms with Crippen LogP contribution in [0.3, 0.4) is 0 Å². The molecular weight excluding hydrogens is 477 g/mol. The monoisotopic (exact) mass is 509 g/mol. The molecule has 3 aromatic carbocycles. The van der Waals surface area contributed by atoms with E-state index in [-0.39, 0.29) is 5.82 Å². The predicted octanol–water partition coefficient (Wildman–Crippen LogP) is 6.10. The van der Waals surface area contributed by atoms with Gasteiger partial charge in [0, 0.05) is 23.4 Å². The van der Waals surface area contributed by atoms with Gasteiger partial charge in [0.25, 0.3) is 0 Å². The van der Waals surface area contributed by atoms with Crippen LogP contribution in [-0.4, -0.2) is 22.5 Å². The number of halogens is 1. The molecule has 0 saturated carbocycles. The Morgan fingerprint density at radius 3 is 2.50 bits per heavy atom. The van der Waals surface area contributed by atoms with E-state index in [1.54, 1.807) is 18.5 Å². The highest BCUT2D eigenvalue weighted by molar-refractivity contribution is 5.93. The highest BCUT2D eigenvalue weighted by Gasteiger charge is 2.25. The summed E-state index contributed by atoms with van der Waals surface area (Å²) < 4.78 is 19.6. The lowest BCUT2D eigenvalue weighted by atomic mass is 9.81. The number of hydrogen-bond donors (Lipinski definition) is 1. The lowest BCUT2D eigenvalue weighted by molar-refractivity contribution is 0.100. The maximum atomic E-state index is 13.4. The van der Waals surface area contributed by atoms with Crippen molar-refractivity contribution in [3.05, 3.63) is 113 Å². The van der Waals surface area contributed by atoms with Crippen molar-refractivity contribution in [2.75, 3.05) is 6.61 Å². The Hall–Kier alpha value is -4.06. The van der Waals surface area contributed by atoms with Gasteiger partial charge in [0.05, 0.1) is 6.61 Å². The molecule has 0 spiro atoms. The summed E-state index contributed by atoms with van der Waals surface area (Å²) >= 11 is 0. The summed E-state index contributed by atoms with van der Waals surface area (Å²) in [4.78, 5) is 20.6. The van der Waals surface area contributed by atoms with Gasteiger partial charge in [-0.25, -0.2) is 14.4 Å². The zero-order valence-corrected chi connectivity index (χ0v) is 21.8. The summed E-state index contributed by atoms with van der Waals surface area (Å²) in [5, 5.41) is 0. The van der Waals surface area contributed by atoms with Gasteiger partial charge in [-0.05, 0) is 102 Å². The van der Waals surface area contributed by atoms with Crippen LogP contribution in [0.4, 0.5) is 4.39 Å². The molecule has 0 fully saturated rings. The van der Waals surface area contributed by atoms with Crippen LogP contribution < -0.4 is 10.5 Å². The molecule has 2 atom stereocenters. The fourth-order valence-corrected chi connectivity index (χ4v) is 5.32. The first-order valence-corrected chi connectivity index (χ1v) is 13.1. The largest absolute Gasteiger partial charge is 0.493 e. The van der Waals surface area contributed by atoms with Crippen molar-refractivity contribution in [2.45, 2.75) is 39.5 Å². The highest BCUT2D eigenvalue weighted by Crippen LogP contribution is 2.34. The van der Waals surface area contributed by atoms with Gasteiger partial charge in [0.2, 0.25) is 5.91 Å². The van der Waals surface area contributed by atoms with E-state index in [0.29, 0.717) is 30.4 Å². The van der Waals surface area contributed by atoms with E-state index in [1.807, 2.05) is 37.3 Å². The third kappa shape index (κ3) is 5.75. The quantitative estimate of drug-likeness (QED) is 0.341. The number of primary amides is 1. The molecule has 38 heavy (non-hydrogen) atoms. The number of rotatable bonds is 6. The van der Waals surface area contributed by atoms with E-state index in [1.165, 1.54) is 17.7 Å². The van der Waals surface area contributed by atoms with Crippen LogP contribution in [0.15, 0.2) is 73.1 Å². The second-order valence-corrected chi connectivity index (χ2v) is 10.2. The molecule has 1 amide bonds. The number of carbonyl (C=O) groups excluding carboxylic acids is 1. The lowest BCUT2D eigenvalue weighted by Crippen LogP contribution is -2.24. The second kappa shape index (κ2) is 11.1. The van der Waals surface area contributed by atoms with Crippen LogP contribution in [0.2, 0.25) is 0 Å². The van der Waals surface area contributed by atoms with E-state index >= 15 is 0 Å². The van der Waals surface area contributed by atoms with E-state index in [9.17, 15) is 9.18 Å². The molecule has 2 N–H and O–H groups in total. The molecule has 5 rings (SSSR count). The number of fused-ring (bicyclic) bond motifs is 1. The van der Waals surface area contributed by atoms with Gasteiger partial charge in [0.1, 0.15) is 17.9 Å². The van der Waals surface area contributed by atoms with E-state index in [0.717, 1.165) is 58.7 Å². The molecular formula is C32H32FN3O2. The summed E-state index contributed by atoms with van der Waals surface area (Å²) in [6.07, 6.45) is 5.00. The lowest BCUT2D eigenvalue weighted by Gasteiger charge is -2.29. The fourth-order valence-electron chi connectivity index (χ4n) is 5.32. The van der Waals surface area contributed by atoms with Crippen molar-refractivity contribution in [3.8, 4) is 16.9 Å². The third-order valence-electron chi connectivity index (χ3n) is 7.66. The Morgan fingerprint density at radius 1 is 1.03 bits per heavy atom. The SMILES string of the molecule is Cc1ncnc(CC2CCOc3ccc(-c4ccc(C(N)=O)cc4)cc3CC2C)c1Cc1ccc(F)cc1. The van der Waals surface area contributed by atoms with Crippen LogP contribution in [0.1, 0.15) is 51.8 Å². The molecule has 2 unspecified atom stereocenters. The minimum absolute atomic E-state index is 0.232. The standard InChI is InChI=1S/C32H32FN3O2/c1-20-15-27-17-26(23-5-7-24(8-6-23)32(34)37)9-12-31(27)38-14-13-25(20)18-30-29(21(2)35-19-36-30)16-22-3-10-28(33)11-4-22/h3-12,17,19-20,25H,13-16,18H2,1-2H3,(H2,34,37). The summed E-state index contributed by atoms with van der Waals surface area (Å²) in [7, 11) is 0. The third-order valence-corrected chi connectivity index (χ3v) is 7.66. The number of aryl methyl sites for hydroxylation is 1. The van der Waals surface area contributed by atoms with E-state index < -0.39 is 5.91 Å². The Bertz CT molecular complexity index is 1430. The van der Waals surface area contributed by atoms with E-state index in [2.05, 4.69) is 24.0 Å². The van der Waals surface area contributed by atoms with Crippen LogP contribution in [0.25, 0.3) is 11.1 Å². The molecule has 0 saturated heterocycles. The van der Waals surface area contributed by atoms with Crippen molar-refractivity contribution >= 4 is 5.91 Å². The Kier molecular flexibility index (Phi) is 7.50. The topological polar surface area (TPSA) is 78.1 Å². The zero-order chi connectivity index (χ0) is 26.6. The van der Waals surface area contributed by atoms with Gasteiger partial charge in [0.15, 0.2) is 0 Å². The second-order valence-electron chi connectivity index (χ2n) is 10.2. The maximum Gasteiger partial charge on any atom is 0.248 e. The number of aromatic nitrogens is 2. The summed E-state index contributed by atoms with van der Waals surface area (Å²) in [6, 6.07) is 20.3. The van der Waals surface area contributed by atoms with Gasteiger partial charge in [-0.1, -0.05) is 37.3 Å². The van der Waals surface area contributed by atoms with Crippen molar-refractivity contribution in [1.29, 1.82) is 0 Å². The summed E-state index contributed by atoms with van der Waals surface area (Å²) in [5.41, 5.74) is 13.4. The Labute approximate surface area is 222 Å². The molecule has 194 valence electrons. The fraction of sp³-hybridized carbons (Fsp3) is 0.281. The molecule has 1 aliphatic rings. The van der Waals surface area contributed by atoms with Crippen molar-refractivity contribution in [3.63, 3.8) is 0 Å². The van der Waals surface area contributed by atoms with Gasteiger partial charge >= 0.3 is 0 Å². The molecule has 0 radical (unpaired) electrons. The van der Waals surface area contributed by atoms with Gasteiger partial charge < -0.3 is 10.5 Å². The van der Waals surface area contributed by atoms with Crippen LogP contribution in [0, 0.1) is 24.6 Å². The van der Waals surface area contributed by atoms with Crippen LogP contribution in [0.5, 0.6) is 5.75 Å². The summed E-state index contributed by atoms with van der Waals surface area (Å²) in [5.74, 6) is 1.08. The molecule has 4 aromatic rings. The first-order valence-electron chi connectivity index (χ1n) is 13.1. The van der Waals surface area contributed by atoms with Crippen molar-refractivity contribution in [2.24, 2.45) is 17.6 Å². The first-order chi connectivity index (χ1) is 18.4. The number of benzene rings is 3.